The Labute approximate surface area is 149 Å². The number of carbonyl (C=O) groups excluding carboxylic acids is 1. The molecule has 126 valence electrons. The van der Waals surface area contributed by atoms with Crippen molar-refractivity contribution in [2.75, 3.05) is 6.54 Å². The number of hydrogen-bond donors (Lipinski definition) is 1. The molecule has 0 unspecified atom stereocenters. The van der Waals surface area contributed by atoms with Crippen molar-refractivity contribution in [1.82, 2.24) is 5.32 Å². The van der Waals surface area contributed by atoms with Gasteiger partial charge in [-0.05, 0) is 35.6 Å². The van der Waals surface area contributed by atoms with E-state index in [-0.39, 0.29) is 17.0 Å². The number of rotatable bonds is 6. The van der Waals surface area contributed by atoms with Crippen molar-refractivity contribution in [2.45, 2.75) is 20.3 Å². The van der Waals surface area contributed by atoms with Crippen LogP contribution in [0.5, 0.6) is 0 Å². The number of nitrogens with zero attached hydrogens (tertiary/aromatic N) is 1. The summed E-state index contributed by atoms with van der Waals surface area (Å²) in [4.78, 5) is 22.5. The SMILES string of the molecule is CC(C)(CNC(=O)c1cccc([N+](=O)[O-])c1)Cc1ccc(Br)cc1. The third-order valence-corrected chi connectivity index (χ3v) is 4.17. The van der Waals surface area contributed by atoms with E-state index in [0.717, 1.165) is 10.9 Å². The fraction of sp³-hybridized carbons (Fsp3) is 0.278. The van der Waals surface area contributed by atoms with Crippen molar-refractivity contribution in [1.29, 1.82) is 0 Å². The van der Waals surface area contributed by atoms with E-state index >= 15 is 0 Å². The van der Waals surface area contributed by atoms with Crippen LogP contribution in [0.3, 0.4) is 0 Å². The summed E-state index contributed by atoms with van der Waals surface area (Å²) in [6.07, 6.45) is 0.815. The molecule has 2 rings (SSSR count). The fourth-order valence-corrected chi connectivity index (χ4v) is 2.66. The summed E-state index contributed by atoms with van der Waals surface area (Å²) in [6, 6.07) is 13.8. The Kier molecular flexibility index (Phi) is 5.72. The third-order valence-electron chi connectivity index (χ3n) is 3.64. The molecule has 24 heavy (non-hydrogen) atoms. The molecule has 1 N–H and O–H groups in total. The topological polar surface area (TPSA) is 72.2 Å². The van der Waals surface area contributed by atoms with Crippen LogP contribution in [0.15, 0.2) is 53.0 Å². The molecule has 0 radical (unpaired) electrons. The first-order chi connectivity index (χ1) is 11.3. The molecule has 0 heterocycles. The summed E-state index contributed by atoms with van der Waals surface area (Å²) in [7, 11) is 0. The maximum atomic E-state index is 12.2. The first-order valence-electron chi connectivity index (χ1n) is 7.54. The normalized spacial score (nSPS) is 11.1. The zero-order valence-electron chi connectivity index (χ0n) is 13.6. The average Bonchev–Trinajstić information content (AvgIpc) is 2.55. The molecule has 0 aliphatic carbocycles. The largest absolute Gasteiger partial charge is 0.351 e. The zero-order chi connectivity index (χ0) is 17.7. The standard InChI is InChI=1S/C18H19BrN2O3/c1-18(2,11-13-6-8-15(19)9-7-13)12-20-17(22)14-4-3-5-16(10-14)21(23)24/h3-10H,11-12H2,1-2H3,(H,20,22). The molecule has 0 fully saturated rings. The van der Waals surface area contributed by atoms with Gasteiger partial charge >= 0.3 is 0 Å². The molecule has 0 atom stereocenters. The van der Waals surface area contributed by atoms with Gasteiger partial charge < -0.3 is 5.32 Å². The van der Waals surface area contributed by atoms with Gasteiger partial charge in [0, 0.05) is 28.7 Å². The maximum Gasteiger partial charge on any atom is 0.270 e. The van der Waals surface area contributed by atoms with Crippen LogP contribution >= 0.6 is 15.9 Å². The minimum Gasteiger partial charge on any atom is -0.351 e. The fourth-order valence-electron chi connectivity index (χ4n) is 2.40. The highest BCUT2D eigenvalue weighted by Crippen LogP contribution is 2.22. The molecule has 0 aliphatic rings. The Bertz CT molecular complexity index is 742. The Morgan fingerprint density at radius 3 is 2.50 bits per heavy atom. The molecule has 0 aliphatic heterocycles. The van der Waals surface area contributed by atoms with Crippen LogP contribution in [-0.2, 0) is 6.42 Å². The van der Waals surface area contributed by atoms with Crippen molar-refractivity contribution < 1.29 is 9.72 Å². The first-order valence-corrected chi connectivity index (χ1v) is 8.33. The van der Waals surface area contributed by atoms with Crippen LogP contribution in [0.2, 0.25) is 0 Å². The van der Waals surface area contributed by atoms with E-state index in [9.17, 15) is 14.9 Å². The molecule has 5 nitrogen and oxygen atoms in total. The van der Waals surface area contributed by atoms with Gasteiger partial charge in [0.25, 0.3) is 11.6 Å². The zero-order valence-corrected chi connectivity index (χ0v) is 15.2. The lowest BCUT2D eigenvalue weighted by Crippen LogP contribution is -2.35. The van der Waals surface area contributed by atoms with E-state index in [1.165, 1.54) is 23.8 Å². The molecule has 2 aromatic carbocycles. The molecular formula is C18H19BrN2O3. The molecule has 0 spiro atoms. The minimum absolute atomic E-state index is 0.0863. The number of nitro groups is 1. The number of carbonyl (C=O) groups is 1. The van der Waals surface area contributed by atoms with Gasteiger partial charge in [0.1, 0.15) is 0 Å². The van der Waals surface area contributed by atoms with Crippen molar-refractivity contribution in [3.63, 3.8) is 0 Å². The number of nitrogens with one attached hydrogen (secondary N) is 1. The van der Waals surface area contributed by atoms with Crippen molar-refractivity contribution in [2.24, 2.45) is 5.41 Å². The predicted octanol–water partition coefficient (Wildman–Crippen LogP) is 4.36. The second-order valence-electron chi connectivity index (χ2n) is 6.46. The summed E-state index contributed by atoms with van der Waals surface area (Å²) < 4.78 is 1.03. The van der Waals surface area contributed by atoms with Crippen LogP contribution in [0.1, 0.15) is 29.8 Å². The lowest BCUT2D eigenvalue weighted by Gasteiger charge is -2.25. The number of nitro benzene ring substituents is 1. The van der Waals surface area contributed by atoms with E-state index < -0.39 is 4.92 Å². The van der Waals surface area contributed by atoms with Crippen LogP contribution in [0, 0.1) is 15.5 Å². The predicted molar refractivity (Wildman–Crippen MR) is 97.1 cm³/mol. The van der Waals surface area contributed by atoms with Gasteiger partial charge in [0.2, 0.25) is 0 Å². The van der Waals surface area contributed by atoms with Gasteiger partial charge in [-0.1, -0.05) is 48.0 Å². The number of hydrogen-bond acceptors (Lipinski definition) is 3. The Morgan fingerprint density at radius 1 is 1.21 bits per heavy atom. The Balaban J connectivity index is 1.98. The van der Waals surface area contributed by atoms with E-state index in [2.05, 4.69) is 35.1 Å². The van der Waals surface area contributed by atoms with E-state index in [0.29, 0.717) is 12.1 Å². The van der Waals surface area contributed by atoms with Crippen LogP contribution in [0.25, 0.3) is 0 Å². The molecule has 6 heteroatoms. The first kappa shape index (κ1) is 18.1. The Morgan fingerprint density at radius 2 is 1.88 bits per heavy atom. The Hall–Kier alpha value is -2.21. The monoisotopic (exact) mass is 390 g/mol. The van der Waals surface area contributed by atoms with Gasteiger partial charge in [0.05, 0.1) is 4.92 Å². The van der Waals surface area contributed by atoms with Crippen molar-refractivity contribution in [3.8, 4) is 0 Å². The van der Waals surface area contributed by atoms with Gasteiger partial charge in [0.15, 0.2) is 0 Å². The van der Waals surface area contributed by atoms with Gasteiger partial charge in [-0.15, -0.1) is 0 Å². The lowest BCUT2D eigenvalue weighted by molar-refractivity contribution is -0.384. The van der Waals surface area contributed by atoms with Crippen LogP contribution in [-0.4, -0.2) is 17.4 Å². The number of halogens is 1. The summed E-state index contributed by atoms with van der Waals surface area (Å²) in [5.74, 6) is -0.303. The summed E-state index contributed by atoms with van der Waals surface area (Å²) in [6.45, 7) is 4.62. The second kappa shape index (κ2) is 7.57. The van der Waals surface area contributed by atoms with E-state index in [1.54, 1.807) is 6.07 Å². The van der Waals surface area contributed by atoms with Gasteiger partial charge in [-0.2, -0.15) is 0 Å². The average molecular weight is 391 g/mol. The van der Waals surface area contributed by atoms with E-state index in [1.807, 2.05) is 24.3 Å². The highest BCUT2D eigenvalue weighted by molar-refractivity contribution is 9.10. The highest BCUT2D eigenvalue weighted by Gasteiger charge is 2.20. The van der Waals surface area contributed by atoms with Gasteiger partial charge in [-0.3, -0.25) is 14.9 Å². The number of non-ortho nitro benzene ring substituents is 1. The maximum absolute atomic E-state index is 12.2. The van der Waals surface area contributed by atoms with Crippen LogP contribution in [0.4, 0.5) is 5.69 Å². The van der Waals surface area contributed by atoms with Crippen molar-refractivity contribution in [3.05, 3.63) is 74.2 Å². The second-order valence-corrected chi connectivity index (χ2v) is 7.37. The van der Waals surface area contributed by atoms with E-state index in [4.69, 9.17) is 0 Å². The quantitative estimate of drug-likeness (QED) is 0.588. The molecular weight excluding hydrogens is 372 g/mol. The smallest absolute Gasteiger partial charge is 0.270 e. The molecule has 2 aromatic rings. The molecule has 0 saturated heterocycles. The molecule has 0 saturated carbocycles. The molecule has 0 aromatic heterocycles. The number of benzene rings is 2. The summed E-state index contributed by atoms with van der Waals surface area (Å²) in [5.41, 5.74) is 1.26. The third kappa shape index (κ3) is 5.16. The minimum atomic E-state index is -0.506. The summed E-state index contributed by atoms with van der Waals surface area (Å²) in [5, 5.41) is 13.7. The van der Waals surface area contributed by atoms with Gasteiger partial charge in [-0.25, -0.2) is 0 Å². The highest BCUT2D eigenvalue weighted by atomic mass is 79.9. The lowest BCUT2D eigenvalue weighted by atomic mass is 9.85. The molecule has 0 bridgehead atoms. The van der Waals surface area contributed by atoms with Crippen molar-refractivity contribution >= 4 is 27.5 Å². The molecule has 1 amide bonds. The summed E-state index contributed by atoms with van der Waals surface area (Å²) >= 11 is 3.41. The number of amides is 1. The van der Waals surface area contributed by atoms with Crippen LogP contribution < -0.4 is 5.32 Å².